The molecule has 0 bridgehead atoms. The third-order valence-electron chi connectivity index (χ3n) is 5.85. The van der Waals surface area contributed by atoms with Crippen molar-refractivity contribution in [2.75, 3.05) is 7.05 Å². The molecule has 0 spiro atoms. The zero-order valence-electron chi connectivity index (χ0n) is 18.4. The van der Waals surface area contributed by atoms with E-state index in [2.05, 4.69) is 5.32 Å². The van der Waals surface area contributed by atoms with E-state index in [0.717, 1.165) is 28.2 Å². The van der Waals surface area contributed by atoms with Crippen LogP contribution in [0.15, 0.2) is 71.7 Å². The number of amides is 1. The molecule has 170 valence electrons. The fraction of sp³-hybridized carbons (Fsp3) is 0.231. The molecule has 3 aromatic rings. The Balaban J connectivity index is 1.50. The number of fused-ring (bicyclic) bond motifs is 1. The molecular weight excluding hydrogens is 441 g/mol. The molecule has 0 saturated heterocycles. The van der Waals surface area contributed by atoms with Crippen molar-refractivity contribution in [2.45, 2.75) is 32.0 Å². The number of hydrogen-bond acceptors (Lipinski definition) is 3. The Kier molecular flexibility index (Phi) is 6.77. The van der Waals surface area contributed by atoms with Gasteiger partial charge in [0.1, 0.15) is 11.7 Å². The van der Waals surface area contributed by atoms with Gasteiger partial charge < -0.3 is 15.3 Å². The molecule has 1 amide bonds. The number of carbonyl (C=O) groups excluding carboxylic acids is 1. The Morgan fingerprint density at radius 2 is 1.85 bits per heavy atom. The van der Waals surface area contributed by atoms with Gasteiger partial charge in [0.15, 0.2) is 0 Å². The first-order chi connectivity index (χ1) is 15.8. The van der Waals surface area contributed by atoms with Crippen molar-refractivity contribution in [3.63, 3.8) is 0 Å². The minimum absolute atomic E-state index is 0.259. The molecule has 1 aliphatic rings. The van der Waals surface area contributed by atoms with E-state index in [1.54, 1.807) is 36.4 Å². The zero-order chi connectivity index (χ0) is 23.5. The van der Waals surface area contributed by atoms with Gasteiger partial charge in [-0.25, -0.2) is 9.38 Å². The molecule has 0 heterocycles. The standard InChI is InChI=1S/C26H25ClFN3O2/c1-16(31(2)15-17-3-10-21(28)11-4-17)29-22-12-7-19-13-24(32)25(23(19)14-22)30-26(33)18-5-8-20(27)9-6-18/h3-12,14,24-25,32H,13,15H2,1-2H3,(H,30,33)/t24-,25-/m1/s1. The quantitative estimate of drug-likeness (QED) is 0.409. The molecule has 7 heteroatoms. The summed E-state index contributed by atoms with van der Waals surface area (Å²) in [5.41, 5.74) is 4.04. The number of nitrogens with one attached hydrogen (secondary N) is 1. The van der Waals surface area contributed by atoms with E-state index in [0.29, 0.717) is 23.6 Å². The van der Waals surface area contributed by atoms with Crippen LogP contribution < -0.4 is 5.32 Å². The first-order valence-electron chi connectivity index (χ1n) is 10.7. The molecule has 2 atom stereocenters. The van der Waals surface area contributed by atoms with Gasteiger partial charge in [-0.2, -0.15) is 0 Å². The van der Waals surface area contributed by atoms with Crippen molar-refractivity contribution in [1.82, 2.24) is 10.2 Å². The number of rotatable bonds is 5. The molecule has 0 aliphatic heterocycles. The summed E-state index contributed by atoms with van der Waals surface area (Å²) in [5.74, 6) is 0.261. The van der Waals surface area contributed by atoms with Crippen LogP contribution in [0.2, 0.25) is 5.02 Å². The molecule has 2 N–H and O–H groups in total. The normalized spacial score (nSPS) is 17.5. The highest BCUT2D eigenvalue weighted by Crippen LogP contribution is 2.34. The Bertz CT molecular complexity index is 1180. The van der Waals surface area contributed by atoms with Crippen LogP contribution in [0.4, 0.5) is 10.1 Å². The monoisotopic (exact) mass is 465 g/mol. The van der Waals surface area contributed by atoms with Crippen LogP contribution in [0.5, 0.6) is 0 Å². The molecule has 0 aromatic heterocycles. The van der Waals surface area contributed by atoms with Gasteiger partial charge in [0.25, 0.3) is 5.91 Å². The summed E-state index contributed by atoms with van der Waals surface area (Å²) in [6, 6.07) is 18.3. The highest BCUT2D eigenvalue weighted by Gasteiger charge is 2.32. The number of carbonyl (C=O) groups is 1. The van der Waals surface area contributed by atoms with Gasteiger partial charge in [-0.3, -0.25) is 4.79 Å². The van der Waals surface area contributed by atoms with Gasteiger partial charge in [-0.15, -0.1) is 0 Å². The molecule has 3 aromatic carbocycles. The van der Waals surface area contributed by atoms with E-state index in [9.17, 15) is 14.3 Å². The largest absolute Gasteiger partial charge is 0.390 e. The lowest BCUT2D eigenvalue weighted by molar-refractivity contribution is 0.0858. The molecule has 4 rings (SSSR count). The first kappa shape index (κ1) is 23.0. The molecule has 5 nitrogen and oxygen atoms in total. The number of halogens is 2. The van der Waals surface area contributed by atoms with Crippen LogP contribution >= 0.6 is 11.6 Å². The number of aliphatic hydroxyl groups excluding tert-OH is 1. The Morgan fingerprint density at radius 3 is 2.55 bits per heavy atom. The molecule has 0 fully saturated rings. The highest BCUT2D eigenvalue weighted by molar-refractivity contribution is 6.30. The summed E-state index contributed by atoms with van der Waals surface area (Å²) < 4.78 is 13.1. The predicted molar refractivity (Wildman–Crippen MR) is 128 cm³/mol. The van der Waals surface area contributed by atoms with Crippen molar-refractivity contribution >= 4 is 29.0 Å². The van der Waals surface area contributed by atoms with E-state index in [1.807, 2.05) is 37.1 Å². The van der Waals surface area contributed by atoms with Gasteiger partial charge in [-0.1, -0.05) is 29.8 Å². The van der Waals surface area contributed by atoms with Crippen LogP contribution in [0.25, 0.3) is 0 Å². The number of amidine groups is 1. The second kappa shape index (κ2) is 9.73. The Morgan fingerprint density at radius 1 is 1.15 bits per heavy atom. The summed E-state index contributed by atoms with van der Waals surface area (Å²) in [4.78, 5) is 19.4. The smallest absolute Gasteiger partial charge is 0.251 e. The average Bonchev–Trinajstić information content (AvgIpc) is 3.10. The summed E-state index contributed by atoms with van der Waals surface area (Å²) >= 11 is 5.91. The Hall–Kier alpha value is -3.22. The van der Waals surface area contributed by atoms with Gasteiger partial charge in [0.2, 0.25) is 0 Å². The molecule has 0 unspecified atom stereocenters. The fourth-order valence-electron chi connectivity index (χ4n) is 3.93. The molecule has 1 aliphatic carbocycles. The minimum atomic E-state index is -0.710. The highest BCUT2D eigenvalue weighted by atomic mass is 35.5. The van der Waals surface area contributed by atoms with E-state index in [1.165, 1.54) is 12.1 Å². The number of aliphatic imine (C=N–C) groups is 1. The van der Waals surface area contributed by atoms with Gasteiger partial charge >= 0.3 is 0 Å². The zero-order valence-corrected chi connectivity index (χ0v) is 19.2. The topological polar surface area (TPSA) is 64.9 Å². The van der Waals surface area contributed by atoms with Gasteiger partial charge in [0.05, 0.1) is 17.8 Å². The van der Waals surface area contributed by atoms with Crippen LogP contribution in [-0.2, 0) is 13.0 Å². The number of aliphatic hydroxyl groups is 1. The summed E-state index contributed by atoms with van der Waals surface area (Å²) in [6.45, 7) is 2.50. The maximum absolute atomic E-state index is 13.1. The van der Waals surface area contributed by atoms with Crippen LogP contribution in [-0.4, -0.2) is 34.9 Å². The predicted octanol–water partition coefficient (Wildman–Crippen LogP) is 5.05. The van der Waals surface area contributed by atoms with Crippen LogP contribution in [0.3, 0.4) is 0 Å². The van der Waals surface area contributed by atoms with Gasteiger partial charge in [-0.05, 0) is 72.1 Å². The first-order valence-corrected chi connectivity index (χ1v) is 11.1. The van der Waals surface area contributed by atoms with Crippen molar-refractivity contribution < 1.29 is 14.3 Å². The van der Waals surface area contributed by atoms with E-state index in [4.69, 9.17) is 16.6 Å². The van der Waals surface area contributed by atoms with E-state index >= 15 is 0 Å². The lowest BCUT2D eigenvalue weighted by Crippen LogP contribution is -2.33. The Labute approximate surface area is 197 Å². The third-order valence-corrected chi connectivity index (χ3v) is 6.10. The van der Waals surface area contributed by atoms with Crippen LogP contribution in [0.1, 0.15) is 40.0 Å². The van der Waals surface area contributed by atoms with Gasteiger partial charge in [0, 0.05) is 30.6 Å². The van der Waals surface area contributed by atoms with Crippen LogP contribution in [0, 0.1) is 5.82 Å². The second-order valence-corrected chi connectivity index (χ2v) is 8.69. The fourth-order valence-corrected chi connectivity index (χ4v) is 4.05. The maximum atomic E-state index is 13.1. The number of benzene rings is 3. The summed E-state index contributed by atoms with van der Waals surface area (Å²) in [5, 5.41) is 14.1. The van der Waals surface area contributed by atoms with E-state index < -0.39 is 12.1 Å². The molecular formula is C26H25ClFN3O2. The number of hydrogen-bond donors (Lipinski definition) is 2. The van der Waals surface area contributed by atoms with Crippen molar-refractivity contribution in [1.29, 1.82) is 0 Å². The van der Waals surface area contributed by atoms with Crippen molar-refractivity contribution in [3.8, 4) is 0 Å². The second-order valence-electron chi connectivity index (χ2n) is 8.25. The summed E-state index contributed by atoms with van der Waals surface area (Å²) in [6.07, 6.45) is -0.244. The lowest BCUT2D eigenvalue weighted by atomic mass is 10.1. The molecule has 33 heavy (non-hydrogen) atoms. The molecule has 0 saturated carbocycles. The maximum Gasteiger partial charge on any atom is 0.251 e. The summed E-state index contributed by atoms with van der Waals surface area (Å²) in [7, 11) is 1.93. The third kappa shape index (κ3) is 5.41. The van der Waals surface area contributed by atoms with E-state index in [-0.39, 0.29) is 11.7 Å². The molecule has 0 radical (unpaired) electrons. The lowest BCUT2D eigenvalue weighted by Gasteiger charge is -2.20. The average molecular weight is 466 g/mol. The van der Waals surface area contributed by atoms with Crippen molar-refractivity contribution in [2.24, 2.45) is 4.99 Å². The number of nitrogens with zero attached hydrogens (tertiary/aromatic N) is 2. The van der Waals surface area contributed by atoms with Crippen molar-refractivity contribution in [3.05, 3.63) is 99.8 Å². The minimum Gasteiger partial charge on any atom is -0.390 e. The SMILES string of the molecule is CC(=Nc1ccc2c(c1)[C@@H](NC(=O)c1ccc(Cl)cc1)[C@H](O)C2)N(C)Cc1ccc(F)cc1.